The highest BCUT2D eigenvalue weighted by Gasteiger charge is 2.27. The van der Waals surface area contributed by atoms with Crippen LogP contribution in [0.3, 0.4) is 0 Å². The van der Waals surface area contributed by atoms with Crippen molar-refractivity contribution in [3.63, 3.8) is 0 Å². The summed E-state index contributed by atoms with van der Waals surface area (Å²) in [6.07, 6.45) is -0.263. The Morgan fingerprint density at radius 1 is 1.26 bits per heavy atom. The van der Waals surface area contributed by atoms with E-state index in [9.17, 15) is 9.90 Å². The van der Waals surface area contributed by atoms with Crippen LogP contribution in [0.25, 0.3) is 0 Å². The summed E-state index contributed by atoms with van der Waals surface area (Å²) in [6, 6.07) is 7.78. The zero-order valence-electron chi connectivity index (χ0n) is 12.4. The first-order chi connectivity index (χ1) is 8.81. The largest absolute Gasteiger partial charge is 0.469 e. The molecule has 0 fully saturated rings. The highest BCUT2D eigenvalue weighted by atomic mass is 16.5. The van der Waals surface area contributed by atoms with Gasteiger partial charge >= 0.3 is 5.97 Å². The quantitative estimate of drug-likeness (QED) is 0.849. The van der Waals surface area contributed by atoms with E-state index < -0.39 is 12.0 Å². The molecule has 106 valence electrons. The van der Waals surface area contributed by atoms with Crippen molar-refractivity contribution in [2.75, 3.05) is 7.11 Å². The average molecular weight is 264 g/mol. The summed E-state index contributed by atoms with van der Waals surface area (Å²) in [5, 5.41) is 10.3. The normalized spacial score (nSPS) is 14.8. The molecule has 2 unspecified atom stereocenters. The van der Waals surface area contributed by atoms with Gasteiger partial charge in [-0.1, -0.05) is 52.0 Å². The van der Waals surface area contributed by atoms with E-state index in [2.05, 4.69) is 20.8 Å². The monoisotopic (exact) mass is 264 g/mol. The van der Waals surface area contributed by atoms with Crippen LogP contribution in [0.15, 0.2) is 24.3 Å². The number of aliphatic hydroxyl groups is 1. The van der Waals surface area contributed by atoms with Gasteiger partial charge in [0.05, 0.1) is 19.1 Å². The second-order valence-electron chi connectivity index (χ2n) is 5.85. The first kappa shape index (κ1) is 15.7. The number of methoxy groups -OCH3 is 1. The lowest BCUT2D eigenvalue weighted by atomic mass is 9.85. The highest BCUT2D eigenvalue weighted by molar-refractivity contribution is 5.73. The minimum atomic E-state index is -0.813. The molecule has 0 aliphatic carbocycles. The van der Waals surface area contributed by atoms with Crippen LogP contribution in [0, 0.1) is 5.92 Å². The first-order valence-corrected chi connectivity index (χ1v) is 6.67. The van der Waals surface area contributed by atoms with Crippen molar-refractivity contribution in [2.24, 2.45) is 5.92 Å². The second kappa shape index (κ2) is 6.20. The maximum Gasteiger partial charge on any atom is 0.311 e. The van der Waals surface area contributed by atoms with Gasteiger partial charge in [-0.3, -0.25) is 4.79 Å². The molecule has 1 rings (SSSR count). The molecule has 0 saturated carbocycles. The van der Waals surface area contributed by atoms with E-state index in [0.29, 0.717) is 6.42 Å². The molecule has 0 heterocycles. The molecule has 0 aliphatic rings. The molecule has 19 heavy (non-hydrogen) atoms. The van der Waals surface area contributed by atoms with E-state index >= 15 is 0 Å². The number of aliphatic hydroxyl groups excluding tert-OH is 1. The predicted octanol–water partition coefficient (Wildman–Crippen LogP) is 3.22. The van der Waals surface area contributed by atoms with E-state index in [0.717, 1.165) is 5.56 Å². The van der Waals surface area contributed by atoms with E-state index in [4.69, 9.17) is 4.74 Å². The molecular formula is C16H24O3. The fraction of sp³-hybridized carbons (Fsp3) is 0.562. The zero-order chi connectivity index (χ0) is 14.6. The summed E-state index contributed by atoms with van der Waals surface area (Å²) >= 11 is 0. The molecule has 3 heteroatoms. The van der Waals surface area contributed by atoms with Gasteiger partial charge < -0.3 is 9.84 Å². The minimum absolute atomic E-state index is 0.0794. The van der Waals surface area contributed by atoms with Gasteiger partial charge in [-0.2, -0.15) is 0 Å². The van der Waals surface area contributed by atoms with Gasteiger partial charge in [0.1, 0.15) is 0 Å². The van der Waals surface area contributed by atoms with Crippen molar-refractivity contribution in [2.45, 2.75) is 45.6 Å². The van der Waals surface area contributed by atoms with Crippen molar-refractivity contribution in [1.82, 2.24) is 0 Å². The van der Waals surface area contributed by atoms with Crippen LogP contribution < -0.4 is 0 Å². The maximum absolute atomic E-state index is 11.6. The molecule has 0 saturated heterocycles. The smallest absolute Gasteiger partial charge is 0.311 e. The van der Waals surface area contributed by atoms with Crippen LogP contribution in [0.2, 0.25) is 0 Å². The number of carbonyl (C=O) groups is 1. The maximum atomic E-state index is 11.6. The number of carbonyl (C=O) groups excluding carboxylic acids is 1. The SMILES string of the molecule is CCC(C(=O)OC)C(O)c1ccc(C(C)(C)C)cc1. The van der Waals surface area contributed by atoms with Gasteiger partial charge in [0.15, 0.2) is 0 Å². The van der Waals surface area contributed by atoms with Crippen molar-refractivity contribution in [1.29, 1.82) is 0 Å². The van der Waals surface area contributed by atoms with Gasteiger partial charge in [0.2, 0.25) is 0 Å². The minimum Gasteiger partial charge on any atom is -0.469 e. The fourth-order valence-electron chi connectivity index (χ4n) is 2.08. The van der Waals surface area contributed by atoms with Gasteiger partial charge in [-0.25, -0.2) is 0 Å². The summed E-state index contributed by atoms with van der Waals surface area (Å²) in [5.41, 5.74) is 2.04. The molecular weight excluding hydrogens is 240 g/mol. The van der Waals surface area contributed by atoms with Crippen molar-refractivity contribution in [3.8, 4) is 0 Å². The van der Waals surface area contributed by atoms with Gasteiger partial charge in [-0.15, -0.1) is 0 Å². The van der Waals surface area contributed by atoms with Crippen LogP contribution in [0.4, 0.5) is 0 Å². The molecule has 0 aromatic heterocycles. The van der Waals surface area contributed by atoms with Crippen molar-refractivity contribution >= 4 is 5.97 Å². The lowest BCUT2D eigenvalue weighted by Gasteiger charge is -2.22. The summed E-state index contributed by atoms with van der Waals surface area (Å²) in [5.74, 6) is -0.875. The number of hydrogen-bond acceptors (Lipinski definition) is 3. The third-order valence-electron chi connectivity index (χ3n) is 3.44. The lowest BCUT2D eigenvalue weighted by Crippen LogP contribution is -2.23. The second-order valence-corrected chi connectivity index (χ2v) is 5.85. The molecule has 0 bridgehead atoms. The fourth-order valence-corrected chi connectivity index (χ4v) is 2.08. The number of benzene rings is 1. The van der Waals surface area contributed by atoms with Crippen LogP contribution in [0.1, 0.15) is 51.3 Å². The number of hydrogen-bond donors (Lipinski definition) is 1. The summed E-state index contributed by atoms with van der Waals surface area (Å²) in [6.45, 7) is 8.29. The Bertz CT molecular complexity index is 415. The lowest BCUT2D eigenvalue weighted by molar-refractivity contribution is -0.149. The Hall–Kier alpha value is -1.35. The van der Waals surface area contributed by atoms with Crippen LogP contribution in [-0.2, 0) is 14.9 Å². The first-order valence-electron chi connectivity index (χ1n) is 6.67. The van der Waals surface area contributed by atoms with Gasteiger partial charge in [0.25, 0.3) is 0 Å². The molecule has 0 amide bonds. The average Bonchev–Trinajstić information content (AvgIpc) is 2.38. The number of rotatable bonds is 4. The molecule has 1 aromatic rings. The Morgan fingerprint density at radius 3 is 2.16 bits per heavy atom. The number of ether oxygens (including phenoxy) is 1. The zero-order valence-corrected chi connectivity index (χ0v) is 12.4. The molecule has 3 nitrogen and oxygen atoms in total. The van der Waals surface area contributed by atoms with Crippen LogP contribution >= 0.6 is 0 Å². The third kappa shape index (κ3) is 3.80. The van der Waals surface area contributed by atoms with Crippen LogP contribution in [0.5, 0.6) is 0 Å². The molecule has 1 N–H and O–H groups in total. The number of esters is 1. The molecule has 1 aromatic carbocycles. The Morgan fingerprint density at radius 2 is 1.79 bits per heavy atom. The standard InChI is InChI=1S/C16H24O3/c1-6-13(15(18)19-5)14(17)11-7-9-12(10-8-11)16(2,3)4/h7-10,13-14,17H,6H2,1-5H3. The summed E-state index contributed by atoms with van der Waals surface area (Å²) in [4.78, 5) is 11.6. The Balaban J connectivity index is 2.94. The van der Waals surface area contributed by atoms with E-state index in [1.165, 1.54) is 12.7 Å². The van der Waals surface area contributed by atoms with E-state index in [-0.39, 0.29) is 11.4 Å². The molecule has 0 aliphatic heterocycles. The third-order valence-corrected chi connectivity index (χ3v) is 3.44. The Kier molecular flexibility index (Phi) is 5.12. The van der Waals surface area contributed by atoms with E-state index in [1.54, 1.807) is 0 Å². The summed E-state index contributed by atoms with van der Waals surface area (Å²) in [7, 11) is 1.35. The van der Waals surface area contributed by atoms with Crippen molar-refractivity contribution < 1.29 is 14.6 Å². The predicted molar refractivity (Wildman–Crippen MR) is 75.9 cm³/mol. The topological polar surface area (TPSA) is 46.5 Å². The Labute approximate surface area is 115 Å². The van der Waals surface area contributed by atoms with Crippen molar-refractivity contribution in [3.05, 3.63) is 35.4 Å². The van der Waals surface area contributed by atoms with Crippen LogP contribution in [-0.4, -0.2) is 18.2 Å². The van der Waals surface area contributed by atoms with Gasteiger partial charge in [-0.05, 0) is 23.0 Å². The molecule has 0 radical (unpaired) electrons. The molecule has 2 atom stereocenters. The van der Waals surface area contributed by atoms with Gasteiger partial charge in [0, 0.05) is 0 Å². The highest BCUT2D eigenvalue weighted by Crippen LogP contribution is 2.28. The summed E-state index contributed by atoms with van der Waals surface area (Å²) < 4.78 is 4.72. The molecule has 0 spiro atoms. The van der Waals surface area contributed by atoms with E-state index in [1.807, 2.05) is 31.2 Å².